The topological polar surface area (TPSA) is 59.8 Å². The van der Waals surface area contributed by atoms with Gasteiger partial charge in [-0.1, -0.05) is 35.9 Å². The molecule has 0 spiro atoms. The Labute approximate surface area is 157 Å². The van der Waals surface area contributed by atoms with Gasteiger partial charge in [0.15, 0.2) is 5.82 Å². The zero-order valence-corrected chi connectivity index (χ0v) is 15.4. The summed E-state index contributed by atoms with van der Waals surface area (Å²) >= 11 is 6.26. The molecule has 0 saturated heterocycles. The van der Waals surface area contributed by atoms with Gasteiger partial charge in [-0.05, 0) is 56.0 Å². The van der Waals surface area contributed by atoms with Gasteiger partial charge in [0.05, 0.1) is 16.8 Å². The third-order valence-electron chi connectivity index (χ3n) is 4.71. The van der Waals surface area contributed by atoms with Crippen LogP contribution < -0.4 is 5.32 Å². The number of carbonyl (C=O) groups excluding carboxylic acids is 1. The molecular weight excluding hydrogens is 348 g/mol. The number of fused-ring (bicyclic) bond motifs is 1. The van der Waals surface area contributed by atoms with Crippen LogP contribution in [0, 0.1) is 13.8 Å². The summed E-state index contributed by atoms with van der Waals surface area (Å²) in [6.45, 7) is 3.87. The van der Waals surface area contributed by atoms with Gasteiger partial charge in [-0.2, -0.15) is 5.10 Å². The number of amides is 1. The maximum Gasteiger partial charge on any atom is 0.272 e. The van der Waals surface area contributed by atoms with Crippen molar-refractivity contribution in [2.24, 2.45) is 0 Å². The van der Waals surface area contributed by atoms with Crippen molar-refractivity contribution in [2.45, 2.75) is 32.7 Å². The molecule has 5 nitrogen and oxygen atoms in total. The second kappa shape index (κ2) is 6.57. The van der Waals surface area contributed by atoms with Gasteiger partial charge in [0.1, 0.15) is 5.69 Å². The highest BCUT2D eigenvalue weighted by molar-refractivity contribution is 6.33. The third kappa shape index (κ3) is 2.99. The van der Waals surface area contributed by atoms with E-state index in [0.29, 0.717) is 10.8 Å². The summed E-state index contributed by atoms with van der Waals surface area (Å²) in [5.41, 5.74) is 4.53. The van der Waals surface area contributed by atoms with E-state index in [1.165, 1.54) is 11.1 Å². The van der Waals surface area contributed by atoms with Crippen molar-refractivity contribution in [3.05, 3.63) is 75.7 Å². The Morgan fingerprint density at radius 1 is 1.23 bits per heavy atom. The molecule has 1 atom stereocenters. The first kappa shape index (κ1) is 16.8. The van der Waals surface area contributed by atoms with Crippen LogP contribution in [0.1, 0.15) is 45.5 Å². The Balaban J connectivity index is 1.62. The number of hydrogen-bond donors (Lipinski definition) is 1. The van der Waals surface area contributed by atoms with E-state index in [1.807, 2.05) is 32.0 Å². The fraction of sp³-hybridized carbons (Fsp3) is 0.250. The zero-order chi connectivity index (χ0) is 18.3. The molecule has 1 aromatic carbocycles. The number of rotatable bonds is 3. The minimum atomic E-state index is -0.264. The monoisotopic (exact) mass is 366 g/mol. The zero-order valence-electron chi connectivity index (χ0n) is 14.7. The minimum Gasteiger partial charge on any atom is -0.344 e. The Morgan fingerprint density at radius 3 is 2.81 bits per heavy atom. The van der Waals surface area contributed by atoms with E-state index in [1.54, 1.807) is 16.8 Å². The number of benzene rings is 1. The Morgan fingerprint density at radius 2 is 2.04 bits per heavy atom. The molecule has 2 aromatic heterocycles. The molecule has 0 bridgehead atoms. The van der Waals surface area contributed by atoms with Crippen molar-refractivity contribution in [1.82, 2.24) is 20.1 Å². The summed E-state index contributed by atoms with van der Waals surface area (Å²) < 4.78 is 1.72. The van der Waals surface area contributed by atoms with E-state index in [4.69, 9.17) is 11.6 Å². The normalized spacial score (nSPS) is 15.7. The van der Waals surface area contributed by atoms with Gasteiger partial charge in [-0.15, -0.1) is 0 Å². The summed E-state index contributed by atoms with van der Waals surface area (Å²) in [4.78, 5) is 17.3. The van der Waals surface area contributed by atoms with Gasteiger partial charge >= 0.3 is 0 Å². The van der Waals surface area contributed by atoms with Gasteiger partial charge in [0.2, 0.25) is 0 Å². The van der Waals surface area contributed by atoms with E-state index < -0.39 is 0 Å². The van der Waals surface area contributed by atoms with Crippen molar-refractivity contribution >= 4 is 17.5 Å². The summed E-state index contributed by atoms with van der Waals surface area (Å²) in [6, 6.07) is 13.6. The van der Waals surface area contributed by atoms with Crippen LogP contribution >= 0.6 is 11.6 Å². The van der Waals surface area contributed by atoms with E-state index in [2.05, 4.69) is 27.5 Å². The van der Waals surface area contributed by atoms with Gasteiger partial charge in [0, 0.05) is 5.69 Å². The number of pyridine rings is 1. The summed E-state index contributed by atoms with van der Waals surface area (Å²) in [6.07, 6.45) is 1.86. The van der Waals surface area contributed by atoms with Crippen LogP contribution in [0.3, 0.4) is 0 Å². The molecular formula is C20H19ClN4O. The molecule has 1 N–H and O–H groups in total. The van der Waals surface area contributed by atoms with Crippen LogP contribution in [0.5, 0.6) is 0 Å². The lowest BCUT2D eigenvalue weighted by atomic mass is 10.1. The maximum absolute atomic E-state index is 12.8. The van der Waals surface area contributed by atoms with Crippen molar-refractivity contribution in [2.75, 3.05) is 0 Å². The number of nitrogens with zero attached hydrogens (tertiary/aromatic N) is 3. The lowest BCUT2D eigenvalue weighted by Crippen LogP contribution is -2.28. The average molecular weight is 367 g/mol. The highest BCUT2D eigenvalue weighted by atomic mass is 35.5. The number of nitrogens with one attached hydrogen (secondary N) is 1. The van der Waals surface area contributed by atoms with Crippen molar-refractivity contribution in [3.63, 3.8) is 0 Å². The van der Waals surface area contributed by atoms with Crippen molar-refractivity contribution < 1.29 is 4.79 Å². The predicted octanol–water partition coefficient (Wildman–Crippen LogP) is 3.95. The second-order valence-corrected chi connectivity index (χ2v) is 7.01. The van der Waals surface area contributed by atoms with Gasteiger partial charge in [0.25, 0.3) is 5.91 Å². The maximum atomic E-state index is 12.8. The van der Waals surface area contributed by atoms with Crippen LogP contribution in [0.2, 0.25) is 5.02 Å². The fourth-order valence-electron chi connectivity index (χ4n) is 3.50. The van der Waals surface area contributed by atoms with E-state index >= 15 is 0 Å². The first-order valence-electron chi connectivity index (χ1n) is 8.62. The van der Waals surface area contributed by atoms with E-state index in [0.717, 1.165) is 24.2 Å². The fourth-order valence-corrected chi connectivity index (χ4v) is 3.69. The lowest BCUT2D eigenvalue weighted by molar-refractivity contribution is 0.0932. The molecule has 2 heterocycles. The van der Waals surface area contributed by atoms with Crippen LogP contribution in [-0.4, -0.2) is 20.7 Å². The van der Waals surface area contributed by atoms with Crippen LogP contribution in [0.15, 0.2) is 42.5 Å². The largest absolute Gasteiger partial charge is 0.344 e. The summed E-state index contributed by atoms with van der Waals surface area (Å²) in [7, 11) is 0. The highest BCUT2D eigenvalue weighted by Crippen LogP contribution is 2.31. The first-order chi connectivity index (χ1) is 12.5. The first-order valence-corrected chi connectivity index (χ1v) is 8.99. The SMILES string of the molecule is Cc1cc(C)n(-c2ccc(Cl)c(C(=O)NC3CCc4ccccc43)n2)n1. The molecule has 0 saturated carbocycles. The van der Waals surface area contributed by atoms with Crippen molar-refractivity contribution in [1.29, 1.82) is 0 Å². The Hall–Kier alpha value is -2.66. The minimum absolute atomic E-state index is 0.00564. The number of aromatic nitrogens is 3. The summed E-state index contributed by atoms with van der Waals surface area (Å²) in [5, 5.41) is 7.83. The molecule has 3 aromatic rings. The molecule has 26 heavy (non-hydrogen) atoms. The third-order valence-corrected chi connectivity index (χ3v) is 5.02. The van der Waals surface area contributed by atoms with Gasteiger partial charge < -0.3 is 5.32 Å². The van der Waals surface area contributed by atoms with E-state index in [-0.39, 0.29) is 17.6 Å². The molecule has 6 heteroatoms. The van der Waals surface area contributed by atoms with Crippen LogP contribution in [-0.2, 0) is 6.42 Å². The van der Waals surface area contributed by atoms with Crippen LogP contribution in [0.4, 0.5) is 0 Å². The number of aryl methyl sites for hydroxylation is 3. The Kier molecular flexibility index (Phi) is 4.24. The molecule has 1 aliphatic rings. The molecule has 1 aliphatic carbocycles. The number of hydrogen-bond acceptors (Lipinski definition) is 3. The second-order valence-electron chi connectivity index (χ2n) is 6.60. The van der Waals surface area contributed by atoms with Crippen LogP contribution in [0.25, 0.3) is 5.82 Å². The molecule has 4 rings (SSSR count). The van der Waals surface area contributed by atoms with Gasteiger partial charge in [-0.3, -0.25) is 4.79 Å². The quantitative estimate of drug-likeness (QED) is 0.763. The molecule has 1 unspecified atom stereocenters. The summed E-state index contributed by atoms with van der Waals surface area (Å²) in [5.74, 6) is 0.317. The van der Waals surface area contributed by atoms with E-state index in [9.17, 15) is 4.79 Å². The average Bonchev–Trinajstić information content (AvgIpc) is 3.18. The van der Waals surface area contributed by atoms with Crippen molar-refractivity contribution in [3.8, 4) is 5.82 Å². The van der Waals surface area contributed by atoms with Gasteiger partial charge in [-0.25, -0.2) is 9.67 Å². The molecule has 0 aliphatic heterocycles. The number of carbonyl (C=O) groups is 1. The predicted molar refractivity (Wildman–Crippen MR) is 101 cm³/mol. The molecule has 0 fully saturated rings. The Bertz CT molecular complexity index is 995. The number of halogens is 1. The molecule has 132 valence electrons. The smallest absolute Gasteiger partial charge is 0.272 e. The molecule has 1 amide bonds. The highest BCUT2D eigenvalue weighted by Gasteiger charge is 2.25. The molecule has 0 radical (unpaired) electrons. The standard InChI is InChI=1S/C20H19ClN4O/c1-12-11-13(2)25(24-12)18-10-8-16(21)19(23-18)20(26)22-17-9-7-14-5-3-4-6-15(14)17/h3-6,8,10-11,17H,7,9H2,1-2H3,(H,22,26). The lowest BCUT2D eigenvalue weighted by Gasteiger charge is -2.15.